The summed E-state index contributed by atoms with van der Waals surface area (Å²) in [4.78, 5) is 10.6. The van der Waals surface area contributed by atoms with Gasteiger partial charge < -0.3 is 15.2 Å². The van der Waals surface area contributed by atoms with Crippen molar-refractivity contribution in [3.05, 3.63) is 53.1 Å². The normalized spacial score (nSPS) is 10.1. The third-order valence-corrected chi connectivity index (χ3v) is 2.85. The number of carbonyl (C=O) groups is 1. The molecule has 2 N–H and O–H groups in total. The highest BCUT2D eigenvalue weighted by molar-refractivity contribution is 6.30. The van der Waals surface area contributed by atoms with Crippen LogP contribution in [0.4, 0.5) is 5.69 Å². The van der Waals surface area contributed by atoms with E-state index in [-0.39, 0.29) is 0 Å². The first kappa shape index (κ1) is 14.2. The van der Waals surface area contributed by atoms with Crippen molar-refractivity contribution in [1.82, 2.24) is 0 Å². The van der Waals surface area contributed by atoms with Crippen molar-refractivity contribution < 1.29 is 14.3 Å². The molecule has 0 aliphatic carbocycles. The first-order chi connectivity index (χ1) is 9.69. The Kier molecular flexibility index (Phi) is 4.85. The van der Waals surface area contributed by atoms with Crippen molar-refractivity contribution in [3.63, 3.8) is 0 Å². The molecule has 0 bridgehead atoms. The minimum Gasteiger partial charge on any atom is -0.490 e. The lowest BCUT2D eigenvalue weighted by Gasteiger charge is -2.10. The van der Waals surface area contributed by atoms with Crippen molar-refractivity contribution in [1.29, 1.82) is 0 Å². The molecule has 2 aromatic carbocycles. The molecule has 2 aromatic rings. The second kappa shape index (κ2) is 6.82. The smallest absolute Gasteiger partial charge is 0.150 e. The van der Waals surface area contributed by atoms with E-state index in [0.717, 1.165) is 12.0 Å². The predicted octanol–water partition coefficient (Wildman–Crippen LogP) is 3.19. The average Bonchev–Trinajstić information content (AvgIpc) is 2.46. The lowest BCUT2D eigenvalue weighted by Crippen LogP contribution is -2.10. The van der Waals surface area contributed by atoms with E-state index in [1.165, 1.54) is 0 Å². The summed E-state index contributed by atoms with van der Waals surface area (Å²) in [6.07, 6.45) is 0.740. The van der Waals surface area contributed by atoms with Gasteiger partial charge in [0.2, 0.25) is 0 Å². The number of nitrogens with two attached hydrogens (primary N) is 1. The van der Waals surface area contributed by atoms with Crippen molar-refractivity contribution in [2.24, 2.45) is 0 Å². The SMILES string of the molecule is Nc1cc(C=O)ccc1OCCOc1ccc(Cl)cc1. The van der Waals surface area contributed by atoms with Crippen LogP contribution in [0.15, 0.2) is 42.5 Å². The molecule has 104 valence electrons. The number of anilines is 1. The van der Waals surface area contributed by atoms with E-state index >= 15 is 0 Å². The Balaban J connectivity index is 1.81. The van der Waals surface area contributed by atoms with E-state index in [1.54, 1.807) is 42.5 Å². The third kappa shape index (κ3) is 3.90. The van der Waals surface area contributed by atoms with Gasteiger partial charge in [-0.05, 0) is 42.5 Å². The van der Waals surface area contributed by atoms with Crippen LogP contribution in [0.3, 0.4) is 0 Å². The maximum Gasteiger partial charge on any atom is 0.150 e. The Morgan fingerprint density at radius 2 is 1.75 bits per heavy atom. The summed E-state index contributed by atoms with van der Waals surface area (Å²) in [5.74, 6) is 1.26. The summed E-state index contributed by atoms with van der Waals surface area (Å²) in [6.45, 7) is 0.740. The van der Waals surface area contributed by atoms with Gasteiger partial charge in [0, 0.05) is 10.6 Å². The van der Waals surface area contributed by atoms with Gasteiger partial charge in [-0.25, -0.2) is 0 Å². The van der Waals surface area contributed by atoms with Crippen LogP contribution in [0.5, 0.6) is 11.5 Å². The molecule has 0 radical (unpaired) electrons. The van der Waals surface area contributed by atoms with Crippen molar-refractivity contribution in [2.45, 2.75) is 0 Å². The molecule has 0 fully saturated rings. The van der Waals surface area contributed by atoms with Crippen LogP contribution in [0.1, 0.15) is 10.4 Å². The van der Waals surface area contributed by atoms with Crippen molar-refractivity contribution in [2.75, 3.05) is 18.9 Å². The topological polar surface area (TPSA) is 61.6 Å². The molecule has 0 atom stereocenters. The van der Waals surface area contributed by atoms with Crippen LogP contribution >= 0.6 is 11.6 Å². The van der Waals surface area contributed by atoms with Gasteiger partial charge in [-0.3, -0.25) is 4.79 Å². The molecule has 0 spiro atoms. The number of carbonyl (C=O) groups excluding carboxylic acids is 1. The zero-order chi connectivity index (χ0) is 14.4. The molecule has 2 rings (SSSR count). The molecule has 0 saturated carbocycles. The molecule has 0 saturated heterocycles. The largest absolute Gasteiger partial charge is 0.490 e. The fourth-order valence-corrected chi connectivity index (χ4v) is 1.74. The Hall–Kier alpha value is -2.20. The fourth-order valence-electron chi connectivity index (χ4n) is 1.61. The quantitative estimate of drug-likeness (QED) is 0.504. The van der Waals surface area contributed by atoms with Gasteiger partial charge in [0.15, 0.2) is 0 Å². The first-order valence-corrected chi connectivity index (χ1v) is 6.42. The van der Waals surface area contributed by atoms with E-state index in [4.69, 9.17) is 26.8 Å². The zero-order valence-electron chi connectivity index (χ0n) is 10.7. The van der Waals surface area contributed by atoms with E-state index in [9.17, 15) is 4.79 Å². The Labute approximate surface area is 122 Å². The lowest BCUT2D eigenvalue weighted by atomic mass is 10.2. The van der Waals surface area contributed by atoms with Gasteiger partial charge in [0.1, 0.15) is 31.0 Å². The molecule has 0 amide bonds. The van der Waals surface area contributed by atoms with Crippen molar-refractivity contribution >= 4 is 23.6 Å². The minimum atomic E-state index is 0.354. The number of hydrogen-bond donors (Lipinski definition) is 1. The maximum atomic E-state index is 10.6. The predicted molar refractivity (Wildman–Crippen MR) is 78.7 cm³/mol. The number of aldehydes is 1. The van der Waals surface area contributed by atoms with Crippen LogP contribution in [-0.4, -0.2) is 19.5 Å². The zero-order valence-corrected chi connectivity index (χ0v) is 11.5. The summed E-state index contributed by atoms with van der Waals surface area (Å²) in [6, 6.07) is 12.0. The molecule has 0 unspecified atom stereocenters. The monoisotopic (exact) mass is 291 g/mol. The summed E-state index contributed by atoms with van der Waals surface area (Å²) < 4.78 is 11.0. The van der Waals surface area contributed by atoms with E-state index < -0.39 is 0 Å². The van der Waals surface area contributed by atoms with Gasteiger partial charge in [0.05, 0.1) is 5.69 Å². The summed E-state index contributed by atoms with van der Waals surface area (Å²) in [7, 11) is 0. The van der Waals surface area contributed by atoms with E-state index in [2.05, 4.69) is 0 Å². The highest BCUT2D eigenvalue weighted by Gasteiger charge is 2.02. The van der Waals surface area contributed by atoms with E-state index in [0.29, 0.717) is 35.2 Å². The Morgan fingerprint density at radius 1 is 1.05 bits per heavy atom. The molecule has 0 heterocycles. The number of hydrogen-bond acceptors (Lipinski definition) is 4. The number of nitrogen functional groups attached to an aromatic ring is 1. The molecular weight excluding hydrogens is 278 g/mol. The molecule has 0 aromatic heterocycles. The minimum absolute atomic E-state index is 0.354. The number of ether oxygens (including phenoxy) is 2. The van der Waals surface area contributed by atoms with Crippen molar-refractivity contribution in [3.8, 4) is 11.5 Å². The third-order valence-electron chi connectivity index (χ3n) is 2.59. The second-order valence-electron chi connectivity index (χ2n) is 4.07. The summed E-state index contributed by atoms with van der Waals surface area (Å²) in [5.41, 5.74) is 6.72. The van der Waals surface area contributed by atoms with Gasteiger partial charge in [-0.1, -0.05) is 11.6 Å². The summed E-state index contributed by atoms with van der Waals surface area (Å²) in [5, 5.41) is 0.664. The first-order valence-electron chi connectivity index (χ1n) is 6.05. The number of rotatable bonds is 6. The van der Waals surface area contributed by atoms with Gasteiger partial charge in [-0.15, -0.1) is 0 Å². The number of benzene rings is 2. The molecule has 5 heteroatoms. The molecule has 20 heavy (non-hydrogen) atoms. The van der Waals surface area contributed by atoms with Gasteiger partial charge >= 0.3 is 0 Å². The second-order valence-corrected chi connectivity index (χ2v) is 4.50. The van der Waals surface area contributed by atoms with Gasteiger partial charge in [-0.2, -0.15) is 0 Å². The average molecular weight is 292 g/mol. The Morgan fingerprint density at radius 3 is 2.40 bits per heavy atom. The van der Waals surface area contributed by atoms with E-state index in [1.807, 2.05) is 0 Å². The molecule has 0 aliphatic rings. The molecule has 0 aliphatic heterocycles. The standard InChI is InChI=1S/C15H14ClNO3/c16-12-2-4-13(5-3-12)19-7-8-20-15-6-1-11(10-18)9-14(15)17/h1-6,9-10H,7-8,17H2. The van der Waals surface area contributed by atoms with Crippen LogP contribution < -0.4 is 15.2 Å². The molecular formula is C15H14ClNO3. The highest BCUT2D eigenvalue weighted by atomic mass is 35.5. The number of halogens is 1. The highest BCUT2D eigenvalue weighted by Crippen LogP contribution is 2.22. The van der Waals surface area contributed by atoms with Crippen LogP contribution in [0.2, 0.25) is 5.02 Å². The fraction of sp³-hybridized carbons (Fsp3) is 0.133. The van der Waals surface area contributed by atoms with Gasteiger partial charge in [0.25, 0.3) is 0 Å². The lowest BCUT2D eigenvalue weighted by molar-refractivity contribution is 0.112. The Bertz CT molecular complexity index is 584. The molecule has 4 nitrogen and oxygen atoms in total. The van der Waals surface area contributed by atoms with Crippen LogP contribution in [0, 0.1) is 0 Å². The van der Waals surface area contributed by atoms with Crippen LogP contribution in [0.25, 0.3) is 0 Å². The maximum absolute atomic E-state index is 10.6. The van der Waals surface area contributed by atoms with Crippen LogP contribution in [-0.2, 0) is 0 Å². The summed E-state index contributed by atoms with van der Waals surface area (Å²) >= 11 is 5.78.